The number of ether oxygens (including phenoxy) is 3. The topological polar surface area (TPSA) is 82.1 Å². The van der Waals surface area contributed by atoms with Gasteiger partial charge < -0.3 is 19.3 Å². The lowest BCUT2D eigenvalue weighted by atomic mass is 9.96. The highest BCUT2D eigenvalue weighted by atomic mass is 16.5. The number of carbonyl (C=O) groups is 2. The van der Waals surface area contributed by atoms with E-state index in [9.17, 15) is 14.7 Å². The van der Waals surface area contributed by atoms with Crippen LogP contribution in [-0.4, -0.2) is 30.6 Å². The van der Waals surface area contributed by atoms with Crippen molar-refractivity contribution in [2.45, 2.75) is 6.61 Å². The molecule has 0 bridgehead atoms. The summed E-state index contributed by atoms with van der Waals surface area (Å²) in [5.41, 5.74) is 2.53. The van der Waals surface area contributed by atoms with E-state index in [0.717, 1.165) is 11.3 Å². The van der Waals surface area contributed by atoms with Crippen molar-refractivity contribution < 1.29 is 28.9 Å². The van der Waals surface area contributed by atoms with Gasteiger partial charge in [0.15, 0.2) is 0 Å². The molecule has 0 unspecified atom stereocenters. The number of rotatable bonds is 7. The minimum Gasteiger partial charge on any atom is -0.508 e. The van der Waals surface area contributed by atoms with Crippen LogP contribution in [0.15, 0.2) is 78.4 Å². The molecule has 3 aromatic rings. The van der Waals surface area contributed by atoms with Gasteiger partial charge in [0, 0.05) is 11.1 Å². The van der Waals surface area contributed by atoms with Crippen molar-refractivity contribution in [2.24, 2.45) is 0 Å². The maximum Gasteiger partial charge on any atom is 0.342 e. The van der Waals surface area contributed by atoms with Gasteiger partial charge in [-0.05, 0) is 59.7 Å². The molecule has 3 aromatic carbocycles. The van der Waals surface area contributed by atoms with Gasteiger partial charge in [0.1, 0.15) is 36.0 Å². The summed E-state index contributed by atoms with van der Waals surface area (Å²) in [4.78, 5) is 25.2. The number of phenols is 1. The van der Waals surface area contributed by atoms with Gasteiger partial charge in [0.05, 0.1) is 7.11 Å². The quantitative estimate of drug-likeness (QED) is 0.354. The average molecular weight is 416 g/mol. The number of hydrogen-bond acceptors (Lipinski definition) is 6. The second-order valence-corrected chi connectivity index (χ2v) is 6.97. The molecule has 0 saturated carbocycles. The first-order chi connectivity index (χ1) is 15.0. The van der Waals surface area contributed by atoms with Gasteiger partial charge in [-0.15, -0.1) is 0 Å². The van der Waals surface area contributed by atoms with Crippen molar-refractivity contribution >= 4 is 17.3 Å². The maximum atomic E-state index is 13.0. The Morgan fingerprint density at radius 1 is 0.935 bits per heavy atom. The van der Waals surface area contributed by atoms with Crippen molar-refractivity contribution in [1.29, 1.82) is 0 Å². The highest BCUT2D eigenvalue weighted by molar-refractivity contribution is 6.30. The minimum absolute atomic E-state index is 0.0117. The largest absolute Gasteiger partial charge is 0.508 e. The number of benzene rings is 3. The van der Waals surface area contributed by atoms with Crippen molar-refractivity contribution in [3.8, 4) is 17.2 Å². The SMILES string of the molecule is COc1ccc(COc2ccc(C(=O)C3=C(c4ccc(O)cc4)COC3=O)cc2)cc1. The first-order valence-electron chi connectivity index (χ1n) is 9.65. The molecular weight excluding hydrogens is 396 g/mol. The predicted octanol–water partition coefficient (Wildman–Crippen LogP) is 4.17. The molecule has 4 rings (SSSR count). The Morgan fingerprint density at radius 2 is 1.58 bits per heavy atom. The number of cyclic esters (lactones) is 1. The van der Waals surface area contributed by atoms with Crippen LogP contribution in [0.5, 0.6) is 17.2 Å². The van der Waals surface area contributed by atoms with Crippen LogP contribution in [0.25, 0.3) is 5.57 Å². The molecule has 1 heterocycles. The van der Waals surface area contributed by atoms with Gasteiger partial charge in [0.2, 0.25) is 5.78 Å². The monoisotopic (exact) mass is 416 g/mol. The number of hydrogen-bond donors (Lipinski definition) is 1. The summed E-state index contributed by atoms with van der Waals surface area (Å²) in [7, 11) is 1.61. The number of aromatic hydroxyl groups is 1. The summed E-state index contributed by atoms with van der Waals surface area (Å²) in [6.07, 6.45) is 0. The molecule has 0 spiro atoms. The molecule has 0 atom stereocenters. The fraction of sp³-hybridized carbons (Fsp3) is 0.120. The summed E-state index contributed by atoms with van der Waals surface area (Å²) < 4.78 is 16.0. The second kappa shape index (κ2) is 8.75. The number of phenolic OH excluding ortho intramolecular Hbond substituents is 1. The van der Waals surface area contributed by atoms with E-state index in [0.29, 0.717) is 29.1 Å². The van der Waals surface area contributed by atoms with Gasteiger partial charge >= 0.3 is 5.97 Å². The average Bonchev–Trinajstić information content (AvgIpc) is 3.19. The third-order valence-corrected chi connectivity index (χ3v) is 4.98. The Kier molecular flexibility index (Phi) is 5.71. The van der Waals surface area contributed by atoms with Crippen LogP contribution in [0.4, 0.5) is 0 Å². The fourth-order valence-corrected chi connectivity index (χ4v) is 3.26. The zero-order valence-corrected chi connectivity index (χ0v) is 16.8. The number of esters is 1. The van der Waals surface area contributed by atoms with E-state index in [1.54, 1.807) is 43.5 Å². The Bertz CT molecular complexity index is 1130. The summed E-state index contributed by atoms with van der Waals surface area (Å²) in [6.45, 7) is 0.396. The normalized spacial score (nSPS) is 13.1. The molecule has 1 N–H and O–H groups in total. The molecule has 0 aromatic heterocycles. The molecule has 156 valence electrons. The van der Waals surface area contributed by atoms with E-state index >= 15 is 0 Å². The summed E-state index contributed by atoms with van der Waals surface area (Å²) in [5, 5.41) is 9.47. The number of methoxy groups -OCH3 is 1. The Hall–Kier alpha value is -4.06. The third-order valence-electron chi connectivity index (χ3n) is 4.98. The van der Waals surface area contributed by atoms with Crippen molar-refractivity contribution in [2.75, 3.05) is 13.7 Å². The van der Waals surface area contributed by atoms with Crippen molar-refractivity contribution in [3.05, 3.63) is 95.1 Å². The summed E-state index contributed by atoms with van der Waals surface area (Å²) in [6, 6.07) is 20.5. The Labute approximate surface area is 179 Å². The van der Waals surface area contributed by atoms with Gasteiger partial charge in [0.25, 0.3) is 0 Å². The number of carbonyl (C=O) groups excluding carboxylic acids is 2. The van der Waals surface area contributed by atoms with E-state index in [4.69, 9.17) is 14.2 Å². The van der Waals surface area contributed by atoms with Crippen LogP contribution in [0, 0.1) is 0 Å². The predicted molar refractivity (Wildman–Crippen MR) is 114 cm³/mol. The van der Waals surface area contributed by atoms with E-state index in [1.807, 2.05) is 24.3 Å². The standard InChI is InChI=1S/C25H20O6/c1-29-20-10-2-16(3-11-20)14-30-21-12-6-18(7-13-21)24(27)23-22(15-31-25(23)28)17-4-8-19(26)9-5-17/h2-13,26H,14-15H2,1H3. The third kappa shape index (κ3) is 4.43. The van der Waals surface area contributed by atoms with Crippen molar-refractivity contribution in [1.82, 2.24) is 0 Å². The minimum atomic E-state index is -0.645. The van der Waals surface area contributed by atoms with Crippen molar-refractivity contribution in [3.63, 3.8) is 0 Å². The first-order valence-corrected chi connectivity index (χ1v) is 9.65. The van der Waals surface area contributed by atoms with Crippen LogP contribution in [0.2, 0.25) is 0 Å². The van der Waals surface area contributed by atoms with Gasteiger partial charge in [-0.25, -0.2) is 4.79 Å². The molecule has 0 aliphatic carbocycles. The zero-order valence-electron chi connectivity index (χ0n) is 16.8. The number of ketones is 1. The lowest BCUT2D eigenvalue weighted by molar-refractivity contribution is -0.135. The molecule has 6 nitrogen and oxygen atoms in total. The Morgan fingerprint density at radius 3 is 2.23 bits per heavy atom. The Balaban J connectivity index is 1.49. The zero-order chi connectivity index (χ0) is 21.8. The molecule has 0 radical (unpaired) electrons. The summed E-state index contributed by atoms with van der Waals surface area (Å²) in [5.74, 6) is 0.431. The lowest BCUT2D eigenvalue weighted by Crippen LogP contribution is -2.11. The van der Waals surface area contributed by atoms with Gasteiger partial charge in [-0.2, -0.15) is 0 Å². The van der Waals surface area contributed by atoms with Gasteiger partial charge in [-0.1, -0.05) is 24.3 Å². The molecule has 0 saturated heterocycles. The number of Topliss-reactive ketones (excluding diaryl/α,β-unsaturated/α-hetero) is 1. The van der Waals surface area contributed by atoms with E-state index in [1.165, 1.54) is 12.1 Å². The second-order valence-electron chi connectivity index (χ2n) is 6.97. The van der Waals surface area contributed by atoms with Gasteiger partial charge in [-0.3, -0.25) is 4.79 Å². The highest BCUT2D eigenvalue weighted by Crippen LogP contribution is 2.30. The maximum absolute atomic E-state index is 13.0. The lowest BCUT2D eigenvalue weighted by Gasteiger charge is -2.08. The highest BCUT2D eigenvalue weighted by Gasteiger charge is 2.32. The molecule has 1 aliphatic rings. The first kappa shape index (κ1) is 20.2. The summed E-state index contributed by atoms with van der Waals surface area (Å²) >= 11 is 0. The van der Waals surface area contributed by atoms with Crippen LogP contribution < -0.4 is 9.47 Å². The van der Waals surface area contributed by atoms with Crippen LogP contribution in [0.1, 0.15) is 21.5 Å². The molecule has 31 heavy (non-hydrogen) atoms. The van der Waals surface area contributed by atoms with E-state index in [2.05, 4.69) is 0 Å². The van der Waals surface area contributed by atoms with E-state index < -0.39 is 11.8 Å². The van der Waals surface area contributed by atoms with E-state index in [-0.39, 0.29) is 17.9 Å². The molecule has 1 aliphatic heterocycles. The smallest absolute Gasteiger partial charge is 0.342 e. The molecule has 0 amide bonds. The van der Waals surface area contributed by atoms with Crippen LogP contribution >= 0.6 is 0 Å². The molecule has 0 fully saturated rings. The van der Waals surface area contributed by atoms with Crippen LogP contribution in [-0.2, 0) is 16.1 Å². The van der Waals surface area contributed by atoms with Crippen LogP contribution in [0.3, 0.4) is 0 Å². The molecular formula is C25H20O6. The molecule has 6 heteroatoms. The fourth-order valence-electron chi connectivity index (χ4n) is 3.26.